The molecule has 30 heavy (non-hydrogen) atoms. The fourth-order valence-corrected chi connectivity index (χ4v) is 3.44. The molecule has 4 aromatic carbocycles. The number of rotatable bonds is 5. The van der Waals surface area contributed by atoms with Gasteiger partial charge in [0, 0.05) is 12.1 Å². The zero-order chi connectivity index (χ0) is 20.8. The van der Waals surface area contributed by atoms with Crippen LogP contribution in [0, 0.1) is 0 Å². The van der Waals surface area contributed by atoms with Crippen molar-refractivity contribution in [1.82, 2.24) is 10.7 Å². The number of amides is 2. The molecule has 0 saturated heterocycles. The van der Waals surface area contributed by atoms with E-state index < -0.39 is 11.8 Å². The Balaban J connectivity index is 1.44. The maximum atomic E-state index is 12.1. The third-order valence-electron chi connectivity index (χ3n) is 4.92. The molecule has 0 atom stereocenters. The van der Waals surface area contributed by atoms with Crippen LogP contribution in [0.3, 0.4) is 0 Å². The van der Waals surface area contributed by atoms with E-state index >= 15 is 0 Å². The van der Waals surface area contributed by atoms with Crippen LogP contribution in [-0.2, 0) is 16.0 Å². The molecular formula is C25H21N3O2. The van der Waals surface area contributed by atoms with E-state index in [0.717, 1.165) is 32.7 Å². The van der Waals surface area contributed by atoms with Gasteiger partial charge in [-0.1, -0.05) is 78.9 Å². The second-order valence-corrected chi connectivity index (χ2v) is 6.92. The fraction of sp³-hybridized carbons (Fsp3) is 0.0800. The van der Waals surface area contributed by atoms with Gasteiger partial charge < -0.3 is 5.32 Å². The summed E-state index contributed by atoms with van der Waals surface area (Å²) in [5.41, 5.74) is 4.32. The molecule has 0 unspecified atom stereocenters. The predicted molar refractivity (Wildman–Crippen MR) is 120 cm³/mol. The van der Waals surface area contributed by atoms with Crippen molar-refractivity contribution in [3.63, 3.8) is 0 Å². The Hall–Kier alpha value is -3.99. The zero-order valence-corrected chi connectivity index (χ0v) is 16.3. The van der Waals surface area contributed by atoms with Gasteiger partial charge in [-0.05, 0) is 39.6 Å². The highest BCUT2D eigenvalue weighted by Crippen LogP contribution is 2.27. The molecule has 5 nitrogen and oxygen atoms in total. The predicted octanol–water partition coefficient (Wildman–Crippen LogP) is 3.80. The van der Waals surface area contributed by atoms with Crippen molar-refractivity contribution in [2.45, 2.75) is 6.42 Å². The molecule has 0 saturated carbocycles. The van der Waals surface area contributed by atoms with E-state index in [1.54, 1.807) is 6.21 Å². The summed E-state index contributed by atoms with van der Waals surface area (Å²) in [7, 11) is 0. The fourth-order valence-electron chi connectivity index (χ4n) is 3.44. The second-order valence-electron chi connectivity index (χ2n) is 6.92. The summed E-state index contributed by atoms with van der Waals surface area (Å²) in [6.07, 6.45) is 2.25. The molecule has 5 heteroatoms. The van der Waals surface area contributed by atoms with Crippen LogP contribution in [0.4, 0.5) is 0 Å². The van der Waals surface area contributed by atoms with Crippen LogP contribution >= 0.6 is 0 Å². The number of fused-ring (bicyclic) bond motifs is 2. The maximum Gasteiger partial charge on any atom is 0.329 e. The van der Waals surface area contributed by atoms with E-state index in [1.165, 1.54) is 0 Å². The summed E-state index contributed by atoms with van der Waals surface area (Å²) in [6.45, 7) is 0.383. The minimum Gasteiger partial charge on any atom is -0.347 e. The van der Waals surface area contributed by atoms with E-state index in [4.69, 9.17) is 0 Å². The Morgan fingerprint density at radius 2 is 1.37 bits per heavy atom. The molecule has 4 rings (SSSR count). The second kappa shape index (κ2) is 9.01. The lowest BCUT2D eigenvalue weighted by atomic mass is 9.97. The molecule has 0 spiro atoms. The molecule has 0 aliphatic heterocycles. The van der Waals surface area contributed by atoms with Gasteiger partial charge in [0.05, 0.1) is 6.21 Å². The lowest BCUT2D eigenvalue weighted by molar-refractivity contribution is -0.139. The molecule has 0 aromatic heterocycles. The third kappa shape index (κ3) is 4.36. The Labute approximate surface area is 174 Å². The lowest BCUT2D eigenvalue weighted by Crippen LogP contribution is -2.38. The molecule has 2 amide bonds. The quantitative estimate of drug-likeness (QED) is 0.234. The van der Waals surface area contributed by atoms with Crippen molar-refractivity contribution in [3.05, 3.63) is 96.1 Å². The zero-order valence-electron chi connectivity index (χ0n) is 16.3. The van der Waals surface area contributed by atoms with Crippen LogP contribution in [-0.4, -0.2) is 24.6 Å². The van der Waals surface area contributed by atoms with Crippen LogP contribution in [0.25, 0.3) is 21.5 Å². The highest BCUT2D eigenvalue weighted by atomic mass is 16.2. The number of nitrogens with zero attached hydrogens (tertiary/aromatic N) is 1. The van der Waals surface area contributed by atoms with Gasteiger partial charge in [0.2, 0.25) is 0 Å². The molecule has 0 radical (unpaired) electrons. The summed E-state index contributed by atoms with van der Waals surface area (Å²) in [5, 5.41) is 10.9. The molecular weight excluding hydrogens is 374 g/mol. The largest absolute Gasteiger partial charge is 0.347 e. The van der Waals surface area contributed by atoms with Crippen LogP contribution in [0.1, 0.15) is 11.1 Å². The molecule has 0 fully saturated rings. The smallest absolute Gasteiger partial charge is 0.329 e. The number of hydrazone groups is 1. The van der Waals surface area contributed by atoms with Crippen LogP contribution < -0.4 is 10.7 Å². The van der Waals surface area contributed by atoms with Gasteiger partial charge in [0.1, 0.15) is 0 Å². The minimum atomic E-state index is -0.788. The number of carbonyl (C=O) groups excluding carboxylic acids is 2. The average molecular weight is 395 g/mol. The minimum absolute atomic E-state index is 0.383. The summed E-state index contributed by atoms with van der Waals surface area (Å²) in [5.74, 6) is -1.49. The molecule has 0 heterocycles. The van der Waals surface area contributed by atoms with Crippen molar-refractivity contribution in [3.8, 4) is 0 Å². The first-order chi connectivity index (χ1) is 14.7. The van der Waals surface area contributed by atoms with E-state index in [9.17, 15) is 9.59 Å². The van der Waals surface area contributed by atoms with E-state index in [1.807, 2.05) is 78.9 Å². The standard InChI is InChI=1S/C25H21N3O2/c29-24(26-15-14-18-8-2-1-3-9-18)25(30)28-27-17-23-21-12-6-4-10-19(21)16-20-11-5-7-13-22(20)23/h1-13,16-17H,14-15H2,(H,26,29)(H,28,30)/b27-17-. The van der Waals surface area contributed by atoms with Crippen LogP contribution in [0.15, 0.2) is 90.0 Å². The van der Waals surface area contributed by atoms with E-state index in [0.29, 0.717) is 13.0 Å². The lowest BCUT2D eigenvalue weighted by Gasteiger charge is -2.08. The van der Waals surface area contributed by atoms with E-state index in [2.05, 4.69) is 21.9 Å². The Morgan fingerprint density at radius 1 is 0.767 bits per heavy atom. The maximum absolute atomic E-state index is 12.1. The van der Waals surface area contributed by atoms with Crippen molar-refractivity contribution < 1.29 is 9.59 Å². The number of benzene rings is 4. The van der Waals surface area contributed by atoms with Crippen molar-refractivity contribution in [2.75, 3.05) is 6.54 Å². The van der Waals surface area contributed by atoms with Crippen LogP contribution in [0.5, 0.6) is 0 Å². The first-order valence-corrected chi connectivity index (χ1v) is 9.78. The molecule has 0 aliphatic rings. The van der Waals surface area contributed by atoms with Crippen molar-refractivity contribution in [1.29, 1.82) is 0 Å². The SMILES string of the molecule is O=C(NCCc1ccccc1)C(=O)N/N=C\c1c2ccccc2cc2ccccc12. The third-order valence-corrected chi connectivity index (χ3v) is 4.92. The van der Waals surface area contributed by atoms with Crippen molar-refractivity contribution >= 4 is 39.6 Å². The van der Waals surface area contributed by atoms with Gasteiger partial charge in [-0.3, -0.25) is 9.59 Å². The number of hydrogen-bond donors (Lipinski definition) is 2. The number of hydrogen-bond acceptors (Lipinski definition) is 3. The van der Waals surface area contributed by atoms with Gasteiger partial charge >= 0.3 is 11.8 Å². The van der Waals surface area contributed by atoms with Crippen molar-refractivity contribution in [2.24, 2.45) is 5.10 Å². The highest BCUT2D eigenvalue weighted by Gasteiger charge is 2.12. The summed E-state index contributed by atoms with van der Waals surface area (Å²) >= 11 is 0. The Bertz CT molecular complexity index is 1180. The number of nitrogens with one attached hydrogen (secondary N) is 2. The van der Waals surface area contributed by atoms with E-state index in [-0.39, 0.29) is 0 Å². The average Bonchev–Trinajstić information content (AvgIpc) is 2.79. The molecule has 0 aliphatic carbocycles. The molecule has 0 bridgehead atoms. The van der Waals surface area contributed by atoms with Crippen LogP contribution in [0.2, 0.25) is 0 Å². The van der Waals surface area contributed by atoms with Gasteiger partial charge in [0.25, 0.3) is 0 Å². The monoisotopic (exact) mass is 395 g/mol. The summed E-state index contributed by atoms with van der Waals surface area (Å²) in [6, 6.07) is 27.9. The van der Waals surface area contributed by atoms with Gasteiger partial charge in [-0.25, -0.2) is 5.43 Å². The van der Waals surface area contributed by atoms with Gasteiger partial charge in [0.15, 0.2) is 0 Å². The summed E-state index contributed by atoms with van der Waals surface area (Å²) < 4.78 is 0. The number of carbonyl (C=O) groups is 2. The Kier molecular flexibility index (Phi) is 5.80. The van der Waals surface area contributed by atoms with Gasteiger partial charge in [-0.15, -0.1) is 0 Å². The molecule has 4 aromatic rings. The summed E-state index contributed by atoms with van der Waals surface area (Å²) in [4.78, 5) is 24.1. The topological polar surface area (TPSA) is 70.6 Å². The normalized spacial score (nSPS) is 11.1. The first kappa shape index (κ1) is 19.3. The molecule has 2 N–H and O–H groups in total. The Morgan fingerprint density at radius 3 is 2.03 bits per heavy atom. The molecule has 148 valence electrons. The first-order valence-electron chi connectivity index (χ1n) is 9.78. The van der Waals surface area contributed by atoms with Gasteiger partial charge in [-0.2, -0.15) is 5.10 Å². The highest BCUT2D eigenvalue weighted by molar-refractivity contribution is 6.35.